The monoisotopic (exact) mass is 324 g/mol. The summed E-state index contributed by atoms with van der Waals surface area (Å²) in [5.74, 6) is 0.653. The molecule has 1 aromatic carbocycles. The van der Waals surface area contributed by atoms with E-state index in [0.29, 0.717) is 10.8 Å². The first kappa shape index (κ1) is 17.1. The third-order valence-corrected chi connectivity index (χ3v) is 4.22. The van der Waals surface area contributed by atoms with Crippen LogP contribution in [0.5, 0.6) is 5.75 Å². The van der Waals surface area contributed by atoms with E-state index in [-0.39, 0.29) is 18.6 Å². The number of rotatable bonds is 6. The van der Waals surface area contributed by atoms with Crippen LogP contribution in [-0.2, 0) is 4.79 Å². The number of carbonyl (C=O) groups is 1. The molecule has 0 aliphatic carbocycles. The molecular weight excluding hydrogens is 300 g/mol. The number of likely N-dealkylation sites (tertiary alicyclic amines) is 1. The van der Waals surface area contributed by atoms with Gasteiger partial charge in [0.1, 0.15) is 5.75 Å². The second-order valence-corrected chi connectivity index (χ2v) is 6.32. The number of aryl methyl sites for hydroxylation is 1. The zero-order valence-corrected chi connectivity index (χ0v) is 14.2. The number of hydrogen-bond donors (Lipinski definition) is 1. The first-order valence-electron chi connectivity index (χ1n) is 7.99. The number of nitrogens with one attached hydrogen (secondary N) is 1. The zero-order valence-electron chi connectivity index (χ0n) is 13.4. The van der Waals surface area contributed by atoms with Gasteiger partial charge in [-0.05, 0) is 56.5 Å². The Bertz CT molecular complexity index is 499. The van der Waals surface area contributed by atoms with Crippen LogP contribution in [0.2, 0.25) is 5.02 Å². The summed E-state index contributed by atoms with van der Waals surface area (Å²) in [6, 6.07) is 5.67. The summed E-state index contributed by atoms with van der Waals surface area (Å²) >= 11 is 5.90. The minimum atomic E-state index is -0.0525. The molecule has 1 amide bonds. The first-order valence-corrected chi connectivity index (χ1v) is 8.37. The number of nitrogens with zero attached hydrogens (tertiary/aromatic N) is 1. The molecule has 0 aromatic heterocycles. The summed E-state index contributed by atoms with van der Waals surface area (Å²) in [6.07, 6.45) is 3.22. The van der Waals surface area contributed by atoms with Crippen molar-refractivity contribution in [3.8, 4) is 5.75 Å². The Kier molecular flexibility index (Phi) is 6.52. The molecule has 0 radical (unpaired) electrons. The van der Waals surface area contributed by atoms with E-state index in [9.17, 15) is 4.79 Å². The van der Waals surface area contributed by atoms with Crippen LogP contribution in [0.1, 0.15) is 31.7 Å². The van der Waals surface area contributed by atoms with E-state index >= 15 is 0 Å². The normalized spacial score (nSPS) is 16.5. The molecule has 5 heteroatoms. The summed E-state index contributed by atoms with van der Waals surface area (Å²) in [5.41, 5.74) is 0.938. The molecule has 0 bridgehead atoms. The Morgan fingerprint density at radius 2 is 2.14 bits per heavy atom. The van der Waals surface area contributed by atoms with Gasteiger partial charge < -0.3 is 15.0 Å². The molecule has 1 aliphatic heterocycles. The van der Waals surface area contributed by atoms with Crippen LogP contribution in [-0.4, -0.2) is 43.1 Å². The highest BCUT2D eigenvalue weighted by atomic mass is 35.5. The van der Waals surface area contributed by atoms with E-state index in [1.54, 1.807) is 12.1 Å². The molecule has 122 valence electrons. The van der Waals surface area contributed by atoms with Crippen LogP contribution in [0.15, 0.2) is 18.2 Å². The Hall–Kier alpha value is -1.26. The van der Waals surface area contributed by atoms with Crippen LogP contribution in [0, 0.1) is 6.92 Å². The fourth-order valence-electron chi connectivity index (χ4n) is 2.80. The molecule has 1 aliphatic rings. The van der Waals surface area contributed by atoms with Gasteiger partial charge in [-0.25, -0.2) is 0 Å². The summed E-state index contributed by atoms with van der Waals surface area (Å²) in [7, 11) is 0. The minimum Gasteiger partial charge on any atom is -0.484 e. The van der Waals surface area contributed by atoms with Crippen molar-refractivity contribution in [2.24, 2.45) is 0 Å². The van der Waals surface area contributed by atoms with Crippen molar-refractivity contribution in [1.29, 1.82) is 0 Å². The Morgan fingerprint density at radius 3 is 2.77 bits per heavy atom. The summed E-state index contributed by atoms with van der Waals surface area (Å²) < 4.78 is 5.57. The molecule has 1 saturated heterocycles. The van der Waals surface area contributed by atoms with E-state index in [4.69, 9.17) is 16.3 Å². The van der Waals surface area contributed by atoms with Gasteiger partial charge in [0.15, 0.2) is 6.61 Å². The maximum absolute atomic E-state index is 12.0. The molecule has 22 heavy (non-hydrogen) atoms. The molecule has 0 atom stereocenters. The van der Waals surface area contributed by atoms with Gasteiger partial charge in [-0.3, -0.25) is 4.79 Å². The average molecular weight is 325 g/mol. The highest BCUT2D eigenvalue weighted by Gasteiger charge is 2.20. The van der Waals surface area contributed by atoms with Gasteiger partial charge in [-0.1, -0.05) is 18.5 Å². The largest absolute Gasteiger partial charge is 0.484 e. The standard InChI is InChI=1S/C17H25ClN2O2/c1-3-8-20-9-6-15(7-10-20)19-17(21)12-22-16-5-4-14(18)11-13(16)2/h4-5,11,15H,3,6-10,12H2,1-2H3,(H,19,21). The topological polar surface area (TPSA) is 41.6 Å². The average Bonchev–Trinajstić information content (AvgIpc) is 2.49. The van der Waals surface area contributed by atoms with Gasteiger partial charge in [-0.2, -0.15) is 0 Å². The Balaban J connectivity index is 1.72. The molecule has 1 heterocycles. The highest BCUT2D eigenvalue weighted by molar-refractivity contribution is 6.30. The summed E-state index contributed by atoms with van der Waals surface area (Å²) in [5, 5.41) is 3.74. The second-order valence-electron chi connectivity index (χ2n) is 5.88. The molecule has 1 fully saturated rings. The number of carbonyl (C=O) groups excluding carboxylic acids is 1. The Morgan fingerprint density at radius 1 is 1.41 bits per heavy atom. The SMILES string of the molecule is CCCN1CCC(NC(=O)COc2ccc(Cl)cc2C)CC1. The molecule has 1 aromatic rings. The van der Waals surface area contributed by atoms with E-state index in [0.717, 1.165) is 38.0 Å². The van der Waals surface area contributed by atoms with Crippen molar-refractivity contribution in [1.82, 2.24) is 10.2 Å². The number of benzene rings is 1. The van der Waals surface area contributed by atoms with E-state index < -0.39 is 0 Å². The smallest absolute Gasteiger partial charge is 0.258 e. The van der Waals surface area contributed by atoms with Crippen LogP contribution < -0.4 is 10.1 Å². The highest BCUT2D eigenvalue weighted by Crippen LogP contribution is 2.21. The lowest BCUT2D eigenvalue weighted by atomic mass is 10.0. The number of halogens is 1. The first-order chi connectivity index (χ1) is 10.6. The lowest BCUT2D eigenvalue weighted by Crippen LogP contribution is -2.46. The predicted octanol–water partition coefficient (Wildman–Crippen LogP) is 3.02. The Labute approximate surface area is 137 Å². The quantitative estimate of drug-likeness (QED) is 0.874. The number of piperidine rings is 1. The van der Waals surface area contributed by atoms with Gasteiger partial charge in [0.05, 0.1) is 0 Å². The molecule has 2 rings (SSSR count). The maximum atomic E-state index is 12.0. The molecule has 0 unspecified atom stereocenters. The number of amides is 1. The molecule has 0 saturated carbocycles. The zero-order chi connectivity index (χ0) is 15.9. The van der Waals surface area contributed by atoms with Gasteiger partial charge >= 0.3 is 0 Å². The van der Waals surface area contributed by atoms with Crippen molar-refractivity contribution >= 4 is 17.5 Å². The molecule has 0 spiro atoms. The van der Waals surface area contributed by atoms with Gasteiger partial charge in [0.2, 0.25) is 0 Å². The van der Waals surface area contributed by atoms with Crippen molar-refractivity contribution in [3.63, 3.8) is 0 Å². The third kappa shape index (κ3) is 5.18. The van der Waals surface area contributed by atoms with Crippen LogP contribution in [0.4, 0.5) is 0 Å². The predicted molar refractivity (Wildman–Crippen MR) is 89.6 cm³/mol. The number of hydrogen-bond acceptors (Lipinski definition) is 3. The van der Waals surface area contributed by atoms with Crippen molar-refractivity contribution in [2.45, 2.75) is 39.2 Å². The summed E-state index contributed by atoms with van der Waals surface area (Å²) in [4.78, 5) is 14.4. The third-order valence-electron chi connectivity index (χ3n) is 3.99. The maximum Gasteiger partial charge on any atom is 0.258 e. The fourth-order valence-corrected chi connectivity index (χ4v) is 3.03. The van der Waals surface area contributed by atoms with Crippen LogP contribution >= 0.6 is 11.6 Å². The van der Waals surface area contributed by atoms with E-state index in [1.807, 2.05) is 13.0 Å². The second kappa shape index (κ2) is 8.39. The van der Waals surface area contributed by atoms with Crippen molar-refractivity contribution in [2.75, 3.05) is 26.2 Å². The lowest BCUT2D eigenvalue weighted by molar-refractivity contribution is -0.124. The van der Waals surface area contributed by atoms with E-state index in [1.165, 1.54) is 6.42 Å². The molecular formula is C17H25ClN2O2. The lowest BCUT2D eigenvalue weighted by Gasteiger charge is -2.32. The van der Waals surface area contributed by atoms with Crippen molar-refractivity contribution in [3.05, 3.63) is 28.8 Å². The van der Waals surface area contributed by atoms with Gasteiger partial charge in [0.25, 0.3) is 5.91 Å². The molecule has 4 nitrogen and oxygen atoms in total. The van der Waals surface area contributed by atoms with Crippen LogP contribution in [0.25, 0.3) is 0 Å². The molecule has 1 N–H and O–H groups in total. The fraction of sp³-hybridized carbons (Fsp3) is 0.588. The van der Waals surface area contributed by atoms with E-state index in [2.05, 4.69) is 17.1 Å². The van der Waals surface area contributed by atoms with Crippen molar-refractivity contribution < 1.29 is 9.53 Å². The van der Waals surface area contributed by atoms with Gasteiger partial charge in [0, 0.05) is 24.2 Å². The summed E-state index contributed by atoms with van der Waals surface area (Å²) in [6.45, 7) is 7.45. The van der Waals surface area contributed by atoms with Gasteiger partial charge in [-0.15, -0.1) is 0 Å². The minimum absolute atomic E-state index is 0.0525. The van der Waals surface area contributed by atoms with Crippen LogP contribution in [0.3, 0.4) is 0 Å². The number of ether oxygens (including phenoxy) is 1.